The maximum Gasteiger partial charge on any atom is 0.337 e. The lowest BCUT2D eigenvalue weighted by Gasteiger charge is -2.29. The third-order valence-electron chi connectivity index (χ3n) is 5.72. The minimum Gasteiger partial charge on any atom is -0.493 e. The Hall–Kier alpha value is -2.92. The van der Waals surface area contributed by atoms with Crippen molar-refractivity contribution in [2.24, 2.45) is 0 Å². The minimum absolute atomic E-state index is 0.377. The number of pyridine rings is 1. The molecule has 1 N–H and O–H groups in total. The normalized spacial score (nSPS) is 17.1. The molecule has 0 fully saturated rings. The maximum absolute atomic E-state index is 12.4. The number of para-hydroxylation sites is 1. The molecule has 0 amide bonds. The maximum atomic E-state index is 12.4. The van der Waals surface area contributed by atoms with E-state index in [9.17, 15) is 9.90 Å². The van der Waals surface area contributed by atoms with E-state index >= 15 is 0 Å². The van der Waals surface area contributed by atoms with E-state index in [4.69, 9.17) is 14.5 Å². The zero-order chi connectivity index (χ0) is 22.3. The number of benzene rings is 2. The number of rotatable bonds is 4. The van der Waals surface area contributed by atoms with Crippen molar-refractivity contribution in [3.63, 3.8) is 0 Å². The Morgan fingerprint density at radius 1 is 1.23 bits per heavy atom. The average Bonchev–Trinajstić information content (AvgIpc) is 2.70. The Kier molecular flexibility index (Phi) is 5.48. The van der Waals surface area contributed by atoms with Gasteiger partial charge in [0.15, 0.2) is 6.10 Å². The second kappa shape index (κ2) is 7.97. The summed E-state index contributed by atoms with van der Waals surface area (Å²) in [5.74, 6) is 0.258. The number of aryl methyl sites for hydroxylation is 1. The summed E-state index contributed by atoms with van der Waals surface area (Å²) in [5.41, 5.74) is 4.43. The Bertz CT molecular complexity index is 1150. The third-order valence-corrected chi connectivity index (χ3v) is 5.72. The number of ether oxygens (including phenoxy) is 2. The molecule has 2 heterocycles. The highest BCUT2D eigenvalue weighted by molar-refractivity contribution is 5.98. The van der Waals surface area contributed by atoms with Crippen molar-refractivity contribution in [2.75, 3.05) is 6.61 Å². The van der Waals surface area contributed by atoms with Gasteiger partial charge in [-0.25, -0.2) is 4.79 Å². The first kappa shape index (κ1) is 21.3. The number of carboxylic acid groups (broad SMARTS) is 1. The average molecular weight is 420 g/mol. The van der Waals surface area contributed by atoms with E-state index in [2.05, 4.69) is 13.0 Å². The largest absolute Gasteiger partial charge is 0.493 e. The monoisotopic (exact) mass is 419 g/mol. The summed E-state index contributed by atoms with van der Waals surface area (Å²) in [4.78, 5) is 17.1. The van der Waals surface area contributed by atoms with Crippen LogP contribution in [-0.4, -0.2) is 28.3 Å². The Morgan fingerprint density at radius 3 is 2.68 bits per heavy atom. The van der Waals surface area contributed by atoms with Gasteiger partial charge in [0.25, 0.3) is 0 Å². The molecule has 5 heteroatoms. The van der Waals surface area contributed by atoms with E-state index in [1.807, 2.05) is 64.1 Å². The van der Waals surface area contributed by atoms with Gasteiger partial charge >= 0.3 is 5.97 Å². The van der Waals surface area contributed by atoms with Crippen LogP contribution >= 0.6 is 0 Å². The molecule has 3 aromatic rings. The first-order valence-corrected chi connectivity index (χ1v) is 10.7. The molecule has 0 saturated heterocycles. The van der Waals surface area contributed by atoms with Crippen LogP contribution in [0, 0.1) is 6.92 Å². The topological polar surface area (TPSA) is 68.7 Å². The molecule has 0 spiro atoms. The van der Waals surface area contributed by atoms with Crippen LogP contribution in [0.15, 0.2) is 42.5 Å². The molecular formula is C26H29NO4. The van der Waals surface area contributed by atoms with Crippen LogP contribution in [-0.2, 0) is 9.53 Å². The fourth-order valence-electron chi connectivity index (χ4n) is 4.29. The summed E-state index contributed by atoms with van der Waals surface area (Å²) in [6.45, 7) is 10.4. The van der Waals surface area contributed by atoms with Crippen LogP contribution in [0.4, 0.5) is 0 Å². The molecule has 1 aromatic heterocycles. The van der Waals surface area contributed by atoms with Gasteiger partial charge < -0.3 is 14.6 Å². The van der Waals surface area contributed by atoms with Crippen LogP contribution in [0.1, 0.15) is 63.0 Å². The molecule has 2 atom stereocenters. The van der Waals surface area contributed by atoms with Crippen LogP contribution in [0.2, 0.25) is 0 Å². The van der Waals surface area contributed by atoms with Gasteiger partial charge in [0, 0.05) is 16.6 Å². The SMILES string of the molecule is Cc1nc2ccccc2c(-c2ccc3c(c2)C(C)CCO3)c1[C@H](OC(C)(C)C)C(=O)O. The van der Waals surface area contributed by atoms with Crippen molar-refractivity contribution >= 4 is 16.9 Å². The van der Waals surface area contributed by atoms with Gasteiger partial charge in [-0.15, -0.1) is 0 Å². The first-order chi connectivity index (χ1) is 14.7. The zero-order valence-corrected chi connectivity index (χ0v) is 18.7. The van der Waals surface area contributed by atoms with Gasteiger partial charge in [0.05, 0.1) is 17.7 Å². The third kappa shape index (κ3) is 4.15. The molecule has 5 nitrogen and oxygen atoms in total. The fraction of sp³-hybridized carbons (Fsp3) is 0.385. The zero-order valence-electron chi connectivity index (χ0n) is 18.7. The summed E-state index contributed by atoms with van der Waals surface area (Å²) in [6.07, 6.45) is -0.165. The Balaban J connectivity index is 2.02. The van der Waals surface area contributed by atoms with Crippen molar-refractivity contribution in [3.05, 3.63) is 59.3 Å². The molecule has 0 radical (unpaired) electrons. The lowest BCUT2D eigenvalue weighted by molar-refractivity contribution is -0.160. The standard InChI is InChI=1S/C26H29NO4/c1-15-12-13-30-21-11-10-17(14-19(15)21)23-18-8-6-7-9-20(18)27-16(2)22(23)24(25(28)29)31-26(3,4)5/h6-11,14-15,24H,12-13H2,1-5H3,(H,28,29)/t15?,24-/m0/s1. The molecular weight excluding hydrogens is 390 g/mol. The molecule has 0 aliphatic carbocycles. The second-order valence-electron chi connectivity index (χ2n) is 9.24. The lowest BCUT2D eigenvalue weighted by Crippen LogP contribution is -2.28. The molecule has 1 aliphatic rings. The summed E-state index contributed by atoms with van der Waals surface area (Å²) in [7, 11) is 0. The van der Waals surface area contributed by atoms with Crippen LogP contribution < -0.4 is 4.74 Å². The number of aliphatic carboxylic acids is 1. The molecule has 1 unspecified atom stereocenters. The van der Waals surface area contributed by atoms with E-state index in [1.165, 1.54) is 0 Å². The smallest absolute Gasteiger partial charge is 0.337 e. The van der Waals surface area contributed by atoms with E-state index in [0.717, 1.165) is 46.4 Å². The molecule has 0 bridgehead atoms. The van der Waals surface area contributed by atoms with Gasteiger partial charge in [-0.2, -0.15) is 0 Å². The number of carboxylic acids is 1. The van der Waals surface area contributed by atoms with E-state index in [1.54, 1.807) is 0 Å². The highest BCUT2D eigenvalue weighted by Crippen LogP contribution is 2.42. The number of hydrogen-bond acceptors (Lipinski definition) is 4. The van der Waals surface area contributed by atoms with Gasteiger partial charge in [-0.1, -0.05) is 31.2 Å². The fourth-order valence-corrected chi connectivity index (χ4v) is 4.29. The molecule has 1 aliphatic heterocycles. The summed E-state index contributed by atoms with van der Waals surface area (Å²) in [5, 5.41) is 11.0. The summed E-state index contributed by atoms with van der Waals surface area (Å²) >= 11 is 0. The van der Waals surface area contributed by atoms with E-state index in [0.29, 0.717) is 17.2 Å². The number of aromatic nitrogens is 1. The van der Waals surface area contributed by atoms with Crippen LogP contribution in [0.3, 0.4) is 0 Å². The van der Waals surface area contributed by atoms with E-state index < -0.39 is 17.7 Å². The van der Waals surface area contributed by atoms with Gasteiger partial charge in [0.1, 0.15) is 5.75 Å². The van der Waals surface area contributed by atoms with Crippen molar-refractivity contribution in [3.8, 4) is 16.9 Å². The van der Waals surface area contributed by atoms with Crippen molar-refractivity contribution in [2.45, 2.75) is 58.7 Å². The van der Waals surface area contributed by atoms with Crippen molar-refractivity contribution in [1.82, 2.24) is 4.98 Å². The van der Waals surface area contributed by atoms with Gasteiger partial charge in [0.2, 0.25) is 0 Å². The summed E-state index contributed by atoms with van der Waals surface area (Å²) in [6, 6.07) is 14.0. The number of carbonyl (C=O) groups is 1. The predicted molar refractivity (Wildman–Crippen MR) is 122 cm³/mol. The summed E-state index contributed by atoms with van der Waals surface area (Å²) < 4.78 is 11.9. The minimum atomic E-state index is -1.13. The van der Waals surface area contributed by atoms with Crippen molar-refractivity contribution < 1.29 is 19.4 Å². The highest BCUT2D eigenvalue weighted by atomic mass is 16.5. The van der Waals surface area contributed by atoms with Crippen LogP contribution in [0.5, 0.6) is 5.75 Å². The molecule has 2 aromatic carbocycles. The number of hydrogen-bond donors (Lipinski definition) is 1. The quantitative estimate of drug-likeness (QED) is 0.558. The Morgan fingerprint density at radius 2 is 1.97 bits per heavy atom. The lowest BCUT2D eigenvalue weighted by atomic mass is 9.87. The highest BCUT2D eigenvalue weighted by Gasteiger charge is 2.32. The van der Waals surface area contributed by atoms with Crippen molar-refractivity contribution in [1.29, 1.82) is 0 Å². The molecule has 31 heavy (non-hydrogen) atoms. The predicted octanol–water partition coefficient (Wildman–Crippen LogP) is 6.04. The van der Waals surface area contributed by atoms with Gasteiger partial charge in [-0.05, 0) is 74.9 Å². The first-order valence-electron chi connectivity index (χ1n) is 10.7. The number of fused-ring (bicyclic) bond motifs is 2. The second-order valence-corrected chi connectivity index (χ2v) is 9.24. The van der Waals surface area contributed by atoms with E-state index in [-0.39, 0.29) is 0 Å². The molecule has 4 rings (SSSR count). The Labute approximate surface area is 183 Å². The van der Waals surface area contributed by atoms with Gasteiger partial charge in [-0.3, -0.25) is 4.98 Å². The number of nitrogens with zero attached hydrogens (tertiary/aromatic N) is 1. The van der Waals surface area contributed by atoms with Crippen LogP contribution in [0.25, 0.3) is 22.0 Å². The molecule has 162 valence electrons. The molecule has 0 saturated carbocycles.